The van der Waals surface area contributed by atoms with Gasteiger partial charge in [-0.25, -0.2) is 0 Å². The molecule has 1 nitrogen and oxygen atoms in total. The molecule has 0 saturated heterocycles. The van der Waals surface area contributed by atoms with Gasteiger partial charge >= 0.3 is 0 Å². The van der Waals surface area contributed by atoms with Crippen molar-refractivity contribution in [1.29, 1.82) is 0 Å². The van der Waals surface area contributed by atoms with Gasteiger partial charge in [-0.2, -0.15) is 0 Å². The number of aliphatic hydroxyl groups excluding tert-OH is 1. The molecule has 3 rings (SSSR count). The summed E-state index contributed by atoms with van der Waals surface area (Å²) in [5, 5.41) is 9.61. The molecular formula is C10H18O. The second kappa shape index (κ2) is 2.01. The summed E-state index contributed by atoms with van der Waals surface area (Å²) in [5.74, 6) is 2.13. The van der Waals surface area contributed by atoms with Gasteiger partial charge in [0.05, 0.1) is 6.10 Å². The molecule has 0 radical (unpaired) electrons. The molecule has 0 aromatic heterocycles. The molecule has 0 heterocycles. The van der Waals surface area contributed by atoms with E-state index in [0.29, 0.717) is 11.3 Å². The third-order valence-electron chi connectivity index (χ3n) is 4.31. The molecule has 64 valence electrons. The zero-order valence-corrected chi connectivity index (χ0v) is 7.67. The van der Waals surface area contributed by atoms with Crippen molar-refractivity contribution >= 4 is 0 Å². The Kier molecular flexibility index (Phi) is 1.39. The number of aliphatic hydroxyl groups is 1. The molecule has 1 N–H and O–H groups in total. The van der Waals surface area contributed by atoms with E-state index in [1.54, 1.807) is 0 Å². The van der Waals surface area contributed by atoms with Crippen molar-refractivity contribution in [2.75, 3.05) is 0 Å². The largest absolute Gasteiger partial charge is 0.393 e. The fourth-order valence-corrected chi connectivity index (χ4v) is 3.12. The van der Waals surface area contributed by atoms with Crippen molar-refractivity contribution in [3.8, 4) is 0 Å². The van der Waals surface area contributed by atoms with Gasteiger partial charge in [-0.15, -0.1) is 0 Å². The number of fused-ring (bicyclic) bond motifs is 2. The Balaban J connectivity index is 2.17. The molecule has 0 amide bonds. The van der Waals surface area contributed by atoms with Crippen LogP contribution in [0.25, 0.3) is 0 Å². The van der Waals surface area contributed by atoms with Crippen LogP contribution in [0, 0.1) is 23.2 Å². The second-order valence-electron chi connectivity index (χ2n) is 5.02. The van der Waals surface area contributed by atoms with Gasteiger partial charge in [-0.1, -0.05) is 20.8 Å². The van der Waals surface area contributed by atoms with Gasteiger partial charge in [-0.3, -0.25) is 0 Å². The van der Waals surface area contributed by atoms with Crippen LogP contribution in [0.2, 0.25) is 0 Å². The van der Waals surface area contributed by atoms with Crippen LogP contribution in [0.4, 0.5) is 0 Å². The lowest BCUT2D eigenvalue weighted by molar-refractivity contribution is -0.154. The fourth-order valence-electron chi connectivity index (χ4n) is 3.12. The van der Waals surface area contributed by atoms with Crippen LogP contribution in [0.1, 0.15) is 33.6 Å². The molecule has 11 heavy (non-hydrogen) atoms. The smallest absolute Gasteiger partial charge is 0.0571 e. The van der Waals surface area contributed by atoms with Crippen molar-refractivity contribution in [3.05, 3.63) is 0 Å². The molecular weight excluding hydrogens is 136 g/mol. The van der Waals surface area contributed by atoms with E-state index in [4.69, 9.17) is 0 Å². The summed E-state index contributed by atoms with van der Waals surface area (Å²) in [6.45, 7) is 6.91. The topological polar surface area (TPSA) is 20.2 Å². The number of hydrogen-bond donors (Lipinski definition) is 1. The minimum atomic E-state index is -0.00762. The zero-order valence-electron chi connectivity index (χ0n) is 7.67. The molecule has 0 spiro atoms. The Bertz CT molecular complexity index is 174. The maximum absolute atomic E-state index is 9.61. The van der Waals surface area contributed by atoms with Crippen LogP contribution in [-0.2, 0) is 0 Å². The lowest BCUT2D eigenvalue weighted by Gasteiger charge is -2.61. The molecule has 3 aliphatic carbocycles. The first-order valence-electron chi connectivity index (χ1n) is 4.71. The van der Waals surface area contributed by atoms with Gasteiger partial charge in [0.1, 0.15) is 0 Å². The Morgan fingerprint density at radius 3 is 2.27 bits per heavy atom. The molecule has 4 atom stereocenters. The maximum atomic E-state index is 9.61. The molecule has 2 bridgehead atoms. The minimum Gasteiger partial charge on any atom is -0.393 e. The standard InChI is InChI=1S/C10H18O/c1-6-8-4-7(5-9(6)11)10(8,2)3/h6-9,11H,4-5H2,1-3H3/t6-,7+,8+,9+/m0/s1. The summed E-state index contributed by atoms with van der Waals surface area (Å²) in [4.78, 5) is 0. The highest BCUT2D eigenvalue weighted by molar-refractivity contribution is 5.04. The maximum Gasteiger partial charge on any atom is 0.0571 e. The molecule has 0 aromatic carbocycles. The Hall–Kier alpha value is -0.0400. The number of hydrogen-bond acceptors (Lipinski definition) is 1. The Morgan fingerprint density at radius 2 is 1.91 bits per heavy atom. The van der Waals surface area contributed by atoms with Crippen molar-refractivity contribution in [1.82, 2.24) is 0 Å². The van der Waals surface area contributed by atoms with Crippen molar-refractivity contribution in [2.45, 2.75) is 39.7 Å². The highest BCUT2D eigenvalue weighted by Crippen LogP contribution is 2.61. The van der Waals surface area contributed by atoms with E-state index in [-0.39, 0.29) is 6.10 Å². The first-order valence-corrected chi connectivity index (χ1v) is 4.71. The summed E-state index contributed by atoms with van der Waals surface area (Å²) in [7, 11) is 0. The second-order valence-corrected chi connectivity index (χ2v) is 5.02. The normalized spacial score (nSPS) is 53.5. The van der Waals surface area contributed by atoms with Crippen molar-refractivity contribution < 1.29 is 5.11 Å². The van der Waals surface area contributed by atoms with E-state index in [9.17, 15) is 5.11 Å². The zero-order chi connectivity index (χ0) is 8.22. The van der Waals surface area contributed by atoms with E-state index in [1.807, 2.05) is 0 Å². The molecule has 3 fully saturated rings. The van der Waals surface area contributed by atoms with Crippen LogP contribution in [0.3, 0.4) is 0 Å². The summed E-state index contributed by atoms with van der Waals surface area (Å²) >= 11 is 0. The summed E-state index contributed by atoms with van der Waals surface area (Å²) in [6.07, 6.45) is 2.40. The quantitative estimate of drug-likeness (QED) is 0.566. The van der Waals surface area contributed by atoms with Gasteiger partial charge in [0.15, 0.2) is 0 Å². The lowest BCUT2D eigenvalue weighted by atomic mass is 9.45. The van der Waals surface area contributed by atoms with Gasteiger partial charge in [0.2, 0.25) is 0 Å². The number of rotatable bonds is 0. The van der Waals surface area contributed by atoms with E-state index >= 15 is 0 Å². The molecule has 3 aliphatic rings. The average Bonchev–Trinajstić information content (AvgIpc) is 1.93. The Morgan fingerprint density at radius 1 is 1.27 bits per heavy atom. The average molecular weight is 154 g/mol. The van der Waals surface area contributed by atoms with Crippen molar-refractivity contribution in [3.63, 3.8) is 0 Å². The third kappa shape index (κ3) is 0.807. The van der Waals surface area contributed by atoms with Crippen LogP contribution in [-0.4, -0.2) is 11.2 Å². The fraction of sp³-hybridized carbons (Fsp3) is 1.00. The Labute approximate surface area is 68.8 Å². The first-order chi connectivity index (χ1) is 5.03. The van der Waals surface area contributed by atoms with E-state index < -0.39 is 0 Å². The molecule has 0 aromatic rings. The van der Waals surface area contributed by atoms with Gasteiger partial charge in [0, 0.05) is 0 Å². The first kappa shape index (κ1) is 7.60. The van der Waals surface area contributed by atoms with E-state index in [0.717, 1.165) is 18.3 Å². The molecule has 3 saturated carbocycles. The molecule has 0 aliphatic heterocycles. The van der Waals surface area contributed by atoms with Crippen LogP contribution in [0.15, 0.2) is 0 Å². The van der Waals surface area contributed by atoms with Crippen LogP contribution < -0.4 is 0 Å². The van der Waals surface area contributed by atoms with Crippen LogP contribution >= 0.6 is 0 Å². The lowest BCUT2D eigenvalue weighted by Crippen LogP contribution is -2.56. The van der Waals surface area contributed by atoms with Gasteiger partial charge in [-0.05, 0) is 36.0 Å². The summed E-state index contributed by atoms with van der Waals surface area (Å²) < 4.78 is 0. The van der Waals surface area contributed by atoms with E-state index in [1.165, 1.54) is 6.42 Å². The van der Waals surface area contributed by atoms with Gasteiger partial charge < -0.3 is 5.11 Å². The minimum absolute atomic E-state index is 0.00762. The van der Waals surface area contributed by atoms with Gasteiger partial charge in [0.25, 0.3) is 0 Å². The summed E-state index contributed by atoms with van der Waals surface area (Å²) in [6, 6.07) is 0. The summed E-state index contributed by atoms with van der Waals surface area (Å²) in [5.41, 5.74) is 0.526. The molecule has 1 heteroatoms. The predicted octanol–water partition coefficient (Wildman–Crippen LogP) is 2.05. The van der Waals surface area contributed by atoms with Crippen molar-refractivity contribution in [2.24, 2.45) is 23.2 Å². The van der Waals surface area contributed by atoms with E-state index in [2.05, 4.69) is 20.8 Å². The SMILES string of the molecule is C[C@@H]1[C@H](O)C[C@H]2C[C@H]1C2(C)C. The highest BCUT2D eigenvalue weighted by atomic mass is 16.3. The van der Waals surface area contributed by atoms with Crippen LogP contribution in [0.5, 0.6) is 0 Å². The predicted molar refractivity (Wildman–Crippen MR) is 45.2 cm³/mol. The highest BCUT2D eigenvalue weighted by Gasteiger charge is 2.55. The third-order valence-corrected chi connectivity index (χ3v) is 4.31. The molecule has 0 unspecified atom stereocenters. The monoisotopic (exact) mass is 154 g/mol.